The van der Waals surface area contributed by atoms with Gasteiger partial charge in [0.15, 0.2) is 0 Å². The second-order valence-corrected chi connectivity index (χ2v) is 4.65. The van der Waals surface area contributed by atoms with Crippen molar-refractivity contribution in [3.05, 3.63) is 0 Å². The average Bonchev–Trinajstić information content (AvgIpc) is 2.93. The van der Waals surface area contributed by atoms with E-state index < -0.39 is 0 Å². The molecule has 0 aliphatic heterocycles. The number of amides is 1. The van der Waals surface area contributed by atoms with Gasteiger partial charge in [-0.15, -0.1) is 0 Å². The lowest BCUT2D eigenvalue weighted by molar-refractivity contribution is -0.132. The molecule has 2 rings (SSSR count). The van der Waals surface area contributed by atoms with E-state index in [1.165, 1.54) is 25.7 Å². The fraction of sp³-hybridized carbons (Fsp3) is 0.917. The van der Waals surface area contributed by atoms with Crippen LogP contribution in [0.4, 0.5) is 0 Å². The summed E-state index contributed by atoms with van der Waals surface area (Å²) in [4.78, 5) is 14.1. The van der Waals surface area contributed by atoms with Crippen LogP contribution >= 0.6 is 0 Å². The van der Waals surface area contributed by atoms with Gasteiger partial charge in [-0.2, -0.15) is 0 Å². The molecule has 2 atom stereocenters. The Morgan fingerprint density at radius 2 is 1.64 bits per heavy atom. The topological polar surface area (TPSA) is 20.3 Å². The summed E-state index contributed by atoms with van der Waals surface area (Å²) in [6.07, 6.45) is 5.32. The summed E-state index contributed by atoms with van der Waals surface area (Å²) in [5.41, 5.74) is 0. The molecule has 2 fully saturated rings. The normalized spacial score (nSPS) is 34.9. The van der Waals surface area contributed by atoms with Gasteiger partial charge in [0, 0.05) is 19.0 Å². The maximum atomic E-state index is 12.1. The highest BCUT2D eigenvalue weighted by Gasteiger charge is 2.55. The minimum atomic E-state index is 0.414. The molecule has 2 aliphatic carbocycles. The van der Waals surface area contributed by atoms with Crippen LogP contribution in [0.1, 0.15) is 39.5 Å². The largest absolute Gasteiger partial charge is 0.343 e. The maximum Gasteiger partial charge on any atom is 0.226 e. The van der Waals surface area contributed by atoms with Crippen LogP contribution in [0, 0.1) is 17.8 Å². The predicted octanol–water partition coefficient (Wildman–Crippen LogP) is 2.29. The Kier molecular flexibility index (Phi) is 2.80. The molecule has 0 aromatic carbocycles. The molecule has 2 saturated carbocycles. The summed E-state index contributed by atoms with van der Waals surface area (Å²) in [5.74, 6) is 2.37. The lowest BCUT2D eigenvalue weighted by Gasteiger charge is -2.18. The van der Waals surface area contributed by atoms with Crippen LogP contribution in [0.2, 0.25) is 0 Å². The van der Waals surface area contributed by atoms with E-state index >= 15 is 0 Å². The Morgan fingerprint density at radius 1 is 1.14 bits per heavy atom. The summed E-state index contributed by atoms with van der Waals surface area (Å²) in [7, 11) is 0. The third-order valence-corrected chi connectivity index (χ3v) is 4.02. The van der Waals surface area contributed by atoms with Gasteiger partial charge in [-0.3, -0.25) is 4.79 Å². The van der Waals surface area contributed by atoms with Gasteiger partial charge in [-0.1, -0.05) is 12.8 Å². The molecule has 1 amide bonds. The van der Waals surface area contributed by atoms with Gasteiger partial charge >= 0.3 is 0 Å². The third-order valence-electron chi connectivity index (χ3n) is 4.02. The first-order valence-corrected chi connectivity index (χ1v) is 6.08. The monoisotopic (exact) mass is 195 g/mol. The first-order chi connectivity index (χ1) is 6.79. The van der Waals surface area contributed by atoms with Crippen LogP contribution in [-0.4, -0.2) is 23.9 Å². The number of hydrogen-bond acceptors (Lipinski definition) is 1. The number of rotatable bonds is 3. The zero-order chi connectivity index (χ0) is 10.1. The summed E-state index contributed by atoms with van der Waals surface area (Å²) in [5, 5.41) is 0. The highest BCUT2D eigenvalue weighted by atomic mass is 16.2. The number of nitrogens with zero attached hydrogens (tertiary/aromatic N) is 1. The van der Waals surface area contributed by atoms with Gasteiger partial charge in [0.1, 0.15) is 0 Å². The molecular formula is C12H21NO. The molecule has 2 unspecified atom stereocenters. The fourth-order valence-corrected chi connectivity index (χ4v) is 3.10. The lowest BCUT2D eigenvalue weighted by atomic mass is 10.0. The molecule has 14 heavy (non-hydrogen) atoms. The summed E-state index contributed by atoms with van der Waals surface area (Å²) in [6, 6.07) is 0. The number of carbonyl (C=O) groups excluding carboxylic acids is 1. The van der Waals surface area contributed by atoms with E-state index in [0.717, 1.165) is 24.9 Å². The zero-order valence-electron chi connectivity index (χ0n) is 9.33. The molecule has 0 spiro atoms. The molecule has 0 bridgehead atoms. The zero-order valence-corrected chi connectivity index (χ0v) is 9.33. The minimum absolute atomic E-state index is 0.414. The predicted molar refractivity (Wildman–Crippen MR) is 56.9 cm³/mol. The van der Waals surface area contributed by atoms with Crippen molar-refractivity contribution in [2.45, 2.75) is 39.5 Å². The van der Waals surface area contributed by atoms with Crippen molar-refractivity contribution >= 4 is 5.91 Å². The van der Waals surface area contributed by atoms with Gasteiger partial charge < -0.3 is 4.90 Å². The van der Waals surface area contributed by atoms with Crippen molar-refractivity contribution in [2.24, 2.45) is 17.8 Å². The molecule has 0 saturated heterocycles. The highest BCUT2D eigenvalue weighted by molar-refractivity contribution is 5.82. The first-order valence-electron chi connectivity index (χ1n) is 6.08. The van der Waals surface area contributed by atoms with E-state index in [0.29, 0.717) is 11.8 Å². The molecule has 0 heterocycles. The number of fused-ring (bicyclic) bond motifs is 1. The summed E-state index contributed by atoms with van der Waals surface area (Å²) in [6.45, 7) is 5.91. The standard InChI is InChI=1S/C12H21NO/c1-3-13(4-2)12(14)11-9-7-5-6-8-10(9)11/h9-11H,3-8H2,1-2H3. The third kappa shape index (κ3) is 1.55. The Hall–Kier alpha value is -0.530. The van der Waals surface area contributed by atoms with Gasteiger partial charge in [-0.25, -0.2) is 0 Å². The second-order valence-electron chi connectivity index (χ2n) is 4.65. The van der Waals surface area contributed by atoms with Crippen molar-refractivity contribution < 1.29 is 4.79 Å². The Bertz CT molecular complexity index is 210. The lowest BCUT2D eigenvalue weighted by Crippen LogP contribution is -2.32. The molecular weight excluding hydrogens is 174 g/mol. The van der Waals surface area contributed by atoms with Crippen molar-refractivity contribution in [3.8, 4) is 0 Å². The van der Waals surface area contributed by atoms with E-state index in [1.54, 1.807) is 0 Å². The summed E-state index contributed by atoms with van der Waals surface area (Å²) >= 11 is 0. The Labute approximate surface area is 86.7 Å². The van der Waals surface area contributed by atoms with Gasteiger partial charge in [-0.05, 0) is 38.5 Å². The van der Waals surface area contributed by atoms with Crippen LogP contribution < -0.4 is 0 Å². The first kappa shape index (κ1) is 10.0. The van der Waals surface area contributed by atoms with Crippen molar-refractivity contribution in [3.63, 3.8) is 0 Å². The molecule has 80 valence electrons. The SMILES string of the molecule is CCN(CC)C(=O)C1C2CCCCC21. The Balaban J connectivity index is 1.93. The molecule has 2 nitrogen and oxygen atoms in total. The summed E-state index contributed by atoms with van der Waals surface area (Å²) < 4.78 is 0. The number of carbonyl (C=O) groups is 1. The molecule has 0 N–H and O–H groups in total. The second kappa shape index (κ2) is 3.92. The van der Waals surface area contributed by atoms with E-state index in [4.69, 9.17) is 0 Å². The van der Waals surface area contributed by atoms with Crippen LogP contribution in [0.5, 0.6) is 0 Å². The Morgan fingerprint density at radius 3 is 2.07 bits per heavy atom. The highest BCUT2D eigenvalue weighted by Crippen LogP contribution is 2.55. The van der Waals surface area contributed by atoms with E-state index in [-0.39, 0.29) is 0 Å². The van der Waals surface area contributed by atoms with Gasteiger partial charge in [0.05, 0.1) is 0 Å². The quantitative estimate of drug-likeness (QED) is 0.676. The maximum absolute atomic E-state index is 12.1. The molecule has 0 radical (unpaired) electrons. The molecule has 0 aromatic heterocycles. The molecule has 0 aromatic rings. The van der Waals surface area contributed by atoms with Crippen LogP contribution in [-0.2, 0) is 4.79 Å². The number of hydrogen-bond donors (Lipinski definition) is 0. The van der Waals surface area contributed by atoms with Crippen LogP contribution in [0.25, 0.3) is 0 Å². The van der Waals surface area contributed by atoms with Crippen molar-refractivity contribution in [2.75, 3.05) is 13.1 Å². The molecule has 2 aliphatic rings. The van der Waals surface area contributed by atoms with Crippen LogP contribution in [0.3, 0.4) is 0 Å². The average molecular weight is 195 g/mol. The molecule has 2 heteroatoms. The minimum Gasteiger partial charge on any atom is -0.343 e. The van der Waals surface area contributed by atoms with Crippen molar-refractivity contribution in [1.29, 1.82) is 0 Å². The fourth-order valence-electron chi connectivity index (χ4n) is 3.10. The van der Waals surface area contributed by atoms with Crippen molar-refractivity contribution in [1.82, 2.24) is 4.90 Å². The van der Waals surface area contributed by atoms with Crippen LogP contribution in [0.15, 0.2) is 0 Å². The smallest absolute Gasteiger partial charge is 0.226 e. The van der Waals surface area contributed by atoms with E-state index in [1.807, 2.05) is 4.90 Å². The van der Waals surface area contributed by atoms with Gasteiger partial charge in [0.2, 0.25) is 5.91 Å². The van der Waals surface area contributed by atoms with E-state index in [2.05, 4.69) is 13.8 Å². The van der Waals surface area contributed by atoms with Gasteiger partial charge in [0.25, 0.3) is 0 Å². The van der Waals surface area contributed by atoms with E-state index in [9.17, 15) is 4.79 Å².